The maximum absolute atomic E-state index is 12.6. The molecule has 9 heteroatoms. The van der Waals surface area contributed by atoms with Crippen LogP contribution in [0.25, 0.3) is 0 Å². The normalized spacial score (nSPS) is 19.0. The van der Waals surface area contributed by atoms with E-state index in [1.54, 1.807) is 18.0 Å². The second-order valence-corrected chi connectivity index (χ2v) is 7.91. The third-order valence-electron chi connectivity index (χ3n) is 4.46. The minimum absolute atomic E-state index is 0.0518. The molecular weight excluding hydrogens is 346 g/mol. The van der Waals surface area contributed by atoms with E-state index in [0.29, 0.717) is 37.6 Å². The standard InChI is InChI=1S/C16H21N3O5S/c1-11(16(21)19-5-7-24-8-6-19)17-25(22,23)13-3-4-14-12(9-13)10-15(20)18(14)2/h3-4,9,11,17H,5-8,10H2,1-2H3/t11-/m0/s1. The van der Waals surface area contributed by atoms with Gasteiger partial charge in [0.1, 0.15) is 0 Å². The molecule has 2 heterocycles. The third kappa shape index (κ3) is 3.53. The molecule has 3 rings (SSSR count). The summed E-state index contributed by atoms with van der Waals surface area (Å²) in [6, 6.07) is 3.68. The van der Waals surface area contributed by atoms with Gasteiger partial charge in [0.15, 0.2) is 0 Å². The lowest BCUT2D eigenvalue weighted by Crippen LogP contribution is -2.50. The Bertz CT molecular complexity index is 802. The van der Waals surface area contributed by atoms with Crippen LogP contribution in [0.2, 0.25) is 0 Å². The van der Waals surface area contributed by atoms with E-state index in [0.717, 1.165) is 0 Å². The van der Waals surface area contributed by atoms with Gasteiger partial charge in [0.05, 0.1) is 30.6 Å². The summed E-state index contributed by atoms with van der Waals surface area (Å²) >= 11 is 0. The highest BCUT2D eigenvalue weighted by Crippen LogP contribution is 2.29. The maximum atomic E-state index is 12.6. The SMILES string of the molecule is C[C@H](NS(=O)(=O)c1ccc2c(c1)CC(=O)N2C)C(=O)N1CCOCC1. The molecule has 1 fully saturated rings. The first-order chi connectivity index (χ1) is 11.8. The van der Waals surface area contributed by atoms with E-state index in [9.17, 15) is 18.0 Å². The smallest absolute Gasteiger partial charge is 0.241 e. The molecule has 25 heavy (non-hydrogen) atoms. The zero-order chi connectivity index (χ0) is 18.2. The summed E-state index contributed by atoms with van der Waals surface area (Å²) in [6.07, 6.45) is 0.178. The van der Waals surface area contributed by atoms with Gasteiger partial charge in [-0.3, -0.25) is 9.59 Å². The van der Waals surface area contributed by atoms with E-state index in [1.807, 2.05) is 0 Å². The van der Waals surface area contributed by atoms with Crippen LogP contribution in [0.3, 0.4) is 0 Å². The van der Waals surface area contributed by atoms with Crippen molar-refractivity contribution in [3.8, 4) is 0 Å². The van der Waals surface area contributed by atoms with Crippen LogP contribution in [0.15, 0.2) is 23.1 Å². The Balaban J connectivity index is 1.75. The molecule has 0 aliphatic carbocycles. The van der Waals surface area contributed by atoms with Gasteiger partial charge >= 0.3 is 0 Å². The van der Waals surface area contributed by atoms with Crippen LogP contribution in [0, 0.1) is 0 Å². The Morgan fingerprint density at radius 2 is 1.96 bits per heavy atom. The molecule has 2 aliphatic rings. The van der Waals surface area contributed by atoms with Gasteiger partial charge in [-0.25, -0.2) is 8.42 Å². The summed E-state index contributed by atoms with van der Waals surface area (Å²) in [5.41, 5.74) is 1.38. The summed E-state index contributed by atoms with van der Waals surface area (Å²) in [6.45, 7) is 3.35. The largest absolute Gasteiger partial charge is 0.378 e. The molecular formula is C16H21N3O5S. The molecule has 0 spiro atoms. The van der Waals surface area contributed by atoms with Crippen LogP contribution in [-0.4, -0.2) is 64.5 Å². The quantitative estimate of drug-likeness (QED) is 0.790. The molecule has 0 bridgehead atoms. The van der Waals surface area contributed by atoms with E-state index in [4.69, 9.17) is 4.74 Å². The van der Waals surface area contributed by atoms with Crippen LogP contribution in [-0.2, 0) is 30.8 Å². The number of rotatable bonds is 4. The summed E-state index contributed by atoms with van der Waals surface area (Å²) in [5, 5.41) is 0. The number of carbonyl (C=O) groups excluding carboxylic acids is 2. The molecule has 2 aliphatic heterocycles. The number of benzene rings is 1. The Morgan fingerprint density at radius 1 is 1.28 bits per heavy atom. The van der Waals surface area contributed by atoms with Crippen LogP contribution in [0.5, 0.6) is 0 Å². The molecule has 0 saturated carbocycles. The van der Waals surface area contributed by atoms with E-state index < -0.39 is 16.1 Å². The molecule has 1 aromatic rings. The minimum atomic E-state index is -3.86. The number of nitrogens with one attached hydrogen (secondary N) is 1. The van der Waals surface area contributed by atoms with Crippen LogP contribution in [0.1, 0.15) is 12.5 Å². The van der Waals surface area contributed by atoms with Crippen molar-refractivity contribution in [2.45, 2.75) is 24.3 Å². The Hall–Kier alpha value is -1.97. The molecule has 0 radical (unpaired) electrons. The summed E-state index contributed by atoms with van der Waals surface area (Å²) in [7, 11) is -2.20. The Kier molecular flexibility index (Phi) is 4.81. The average Bonchev–Trinajstić information content (AvgIpc) is 2.88. The fourth-order valence-corrected chi connectivity index (χ4v) is 4.27. The number of amides is 2. The van der Waals surface area contributed by atoms with Crippen LogP contribution in [0.4, 0.5) is 5.69 Å². The van der Waals surface area contributed by atoms with Gasteiger partial charge in [-0.15, -0.1) is 0 Å². The van der Waals surface area contributed by atoms with Crippen molar-refractivity contribution in [2.24, 2.45) is 0 Å². The van der Waals surface area contributed by atoms with E-state index >= 15 is 0 Å². The molecule has 8 nitrogen and oxygen atoms in total. The number of sulfonamides is 1. The predicted octanol–water partition coefficient (Wildman–Crippen LogP) is -0.269. The number of nitrogens with zero attached hydrogens (tertiary/aromatic N) is 2. The van der Waals surface area contributed by atoms with Crippen LogP contribution < -0.4 is 9.62 Å². The summed E-state index contributed by atoms with van der Waals surface area (Å²) < 4.78 is 32.8. The highest BCUT2D eigenvalue weighted by atomic mass is 32.2. The number of likely N-dealkylation sites (N-methyl/N-ethyl adjacent to an activating group) is 1. The number of fused-ring (bicyclic) bond motifs is 1. The number of hydrogen-bond donors (Lipinski definition) is 1. The second kappa shape index (κ2) is 6.74. The lowest BCUT2D eigenvalue weighted by molar-refractivity contribution is -0.136. The van der Waals surface area contributed by atoms with E-state index in [2.05, 4.69) is 4.72 Å². The third-order valence-corrected chi connectivity index (χ3v) is 6.00. The molecule has 1 aromatic carbocycles. The van der Waals surface area contributed by atoms with Gasteiger partial charge < -0.3 is 14.5 Å². The maximum Gasteiger partial charge on any atom is 0.241 e. The van der Waals surface area contributed by atoms with Gasteiger partial charge in [0, 0.05) is 25.8 Å². The summed E-state index contributed by atoms with van der Waals surface area (Å²) in [5.74, 6) is -0.351. The van der Waals surface area contributed by atoms with Crippen molar-refractivity contribution in [1.82, 2.24) is 9.62 Å². The molecule has 2 amide bonds. The Labute approximate surface area is 146 Å². The van der Waals surface area contributed by atoms with Crippen molar-refractivity contribution < 1.29 is 22.7 Å². The first-order valence-electron chi connectivity index (χ1n) is 8.08. The van der Waals surface area contributed by atoms with E-state index in [1.165, 1.54) is 24.0 Å². The number of carbonyl (C=O) groups is 2. The second-order valence-electron chi connectivity index (χ2n) is 6.20. The van der Waals surface area contributed by atoms with Crippen LogP contribution >= 0.6 is 0 Å². The minimum Gasteiger partial charge on any atom is -0.378 e. The van der Waals surface area contributed by atoms with Crippen molar-refractivity contribution in [2.75, 3.05) is 38.3 Å². The Morgan fingerprint density at radius 3 is 2.64 bits per heavy atom. The van der Waals surface area contributed by atoms with Gasteiger partial charge in [-0.1, -0.05) is 0 Å². The zero-order valence-corrected chi connectivity index (χ0v) is 15.0. The molecule has 0 unspecified atom stereocenters. The van der Waals surface area contributed by atoms with Crippen molar-refractivity contribution in [3.05, 3.63) is 23.8 Å². The van der Waals surface area contributed by atoms with Crippen molar-refractivity contribution in [1.29, 1.82) is 0 Å². The highest BCUT2D eigenvalue weighted by Gasteiger charge is 2.29. The molecule has 136 valence electrons. The average molecular weight is 367 g/mol. The zero-order valence-electron chi connectivity index (χ0n) is 14.2. The van der Waals surface area contributed by atoms with Gasteiger partial charge in [-0.05, 0) is 30.7 Å². The number of anilines is 1. The molecule has 1 N–H and O–H groups in total. The topological polar surface area (TPSA) is 96.0 Å². The fourth-order valence-electron chi connectivity index (χ4n) is 3.02. The first-order valence-corrected chi connectivity index (χ1v) is 9.56. The monoisotopic (exact) mass is 367 g/mol. The van der Waals surface area contributed by atoms with Gasteiger partial charge in [-0.2, -0.15) is 4.72 Å². The lowest BCUT2D eigenvalue weighted by Gasteiger charge is -2.29. The summed E-state index contributed by atoms with van der Waals surface area (Å²) in [4.78, 5) is 27.3. The highest BCUT2D eigenvalue weighted by molar-refractivity contribution is 7.89. The lowest BCUT2D eigenvalue weighted by atomic mass is 10.2. The predicted molar refractivity (Wildman–Crippen MR) is 90.7 cm³/mol. The number of ether oxygens (including phenoxy) is 1. The molecule has 0 aromatic heterocycles. The van der Waals surface area contributed by atoms with Gasteiger partial charge in [0.2, 0.25) is 21.8 Å². The first kappa shape index (κ1) is 17.8. The van der Waals surface area contributed by atoms with Gasteiger partial charge in [0.25, 0.3) is 0 Å². The molecule has 1 atom stereocenters. The number of morpholine rings is 1. The fraction of sp³-hybridized carbons (Fsp3) is 0.500. The number of hydrogen-bond acceptors (Lipinski definition) is 5. The van der Waals surface area contributed by atoms with Crippen molar-refractivity contribution >= 4 is 27.5 Å². The molecule has 1 saturated heterocycles. The van der Waals surface area contributed by atoms with E-state index in [-0.39, 0.29) is 23.1 Å². The van der Waals surface area contributed by atoms with Crippen molar-refractivity contribution in [3.63, 3.8) is 0 Å².